The maximum absolute atomic E-state index is 14.1. The Bertz CT molecular complexity index is 953. The molecule has 1 fully saturated rings. The van der Waals surface area contributed by atoms with Crippen LogP contribution in [0.3, 0.4) is 0 Å². The fourth-order valence-electron chi connectivity index (χ4n) is 3.99. The Kier molecular flexibility index (Phi) is 5.86. The van der Waals surface area contributed by atoms with Crippen molar-refractivity contribution >= 4 is 17.3 Å². The van der Waals surface area contributed by atoms with Crippen LogP contribution in [0.15, 0.2) is 53.7 Å². The zero-order chi connectivity index (χ0) is 21.1. The van der Waals surface area contributed by atoms with Gasteiger partial charge in [0.25, 0.3) is 5.91 Å². The van der Waals surface area contributed by atoms with E-state index in [-0.39, 0.29) is 18.1 Å². The Morgan fingerprint density at radius 3 is 2.77 bits per heavy atom. The lowest BCUT2D eigenvalue weighted by molar-refractivity contribution is -0.135. The summed E-state index contributed by atoms with van der Waals surface area (Å²) in [6.45, 7) is 7.09. The maximum atomic E-state index is 14.1. The average Bonchev–Trinajstić information content (AvgIpc) is 3.14. The van der Waals surface area contributed by atoms with E-state index in [1.807, 2.05) is 18.2 Å². The van der Waals surface area contributed by atoms with Gasteiger partial charge in [-0.25, -0.2) is 4.39 Å². The SMILES string of the molecule is CC1CCN(Cc2cccc(NC(=O)C3(C)CC(c4ccccc4F)=NO3)c2)CC1. The van der Waals surface area contributed by atoms with Gasteiger partial charge in [0.2, 0.25) is 5.60 Å². The first kappa shape index (κ1) is 20.5. The molecular formula is C24H28FN3O2. The second-order valence-corrected chi connectivity index (χ2v) is 8.63. The van der Waals surface area contributed by atoms with Gasteiger partial charge in [-0.05, 0) is 62.5 Å². The molecule has 2 aliphatic rings. The lowest BCUT2D eigenvalue weighted by atomic mass is 9.94. The standard InChI is InChI=1S/C24H28FN3O2/c1-17-10-12-28(13-11-17)16-18-6-5-7-19(14-18)26-23(29)24(2)15-22(27-30-24)20-8-3-4-9-21(20)25/h3-9,14,17H,10-13,15-16H2,1-2H3,(H,26,29). The first-order chi connectivity index (χ1) is 14.4. The number of rotatable bonds is 5. The topological polar surface area (TPSA) is 53.9 Å². The molecule has 6 heteroatoms. The van der Waals surface area contributed by atoms with Gasteiger partial charge in [-0.2, -0.15) is 0 Å². The number of piperidine rings is 1. The predicted molar refractivity (Wildman–Crippen MR) is 116 cm³/mol. The summed E-state index contributed by atoms with van der Waals surface area (Å²) >= 11 is 0. The van der Waals surface area contributed by atoms with E-state index < -0.39 is 5.60 Å². The molecule has 0 bridgehead atoms. The van der Waals surface area contributed by atoms with Crippen LogP contribution in [0.25, 0.3) is 0 Å². The van der Waals surface area contributed by atoms with Crippen LogP contribution in [0, 0.1) is 11.7 Å². The average molecular weight is 410 g/mol. The maximum Gasteiger partial charge on any atom is 0.271 e. The molecule has 1 atom stereocenters. The van der Waals surface area contributed by atoms with Gasteiger partial charge in [0.1, 0.15) is 5.82 Å². The molecule has 0 saturated carbocycles. The number of halogens is 1. The number of amides is 1. The molecule has 0 spiro atoms. The van der Waals surface area contributed by atoms with E-state index in [1.54, 1.807) is 25.1 Å². The monoisotopic (exact) mass is 409 g/mol. The Morgan fingerprint density at radius 2 is 2.00 bits per heavy atom. The number of nitrogens with zero attached hydrogens (tertiary/aromatic N) is 2. The van der Waals surface area contributed by atoms with Crippen molar-refractivity contribution in [2.75, 3.05) is 18.4 Å². The normalized spacial score (nSPS) is 22.4. The highest BCUT2D eigenvalue weighted by atomic mass is 19.1. The van der Waals surface area contributed by atoms with Crippen LogP contribution in [0.5, 0.6) is 0 Å². The Labute approximate surface area is 176 Å². The molecule has 0 radical (unpaired) electrons. The van der Waals surface area contributed by atoms with E-state index >= 15 is 0 Å². The smallest absolute Gasteiger partial charge is 0.271 e. The van der Waals surface area contributed by atoms with Gasteiger partial charge < -0.3 is 10.2 Å². The van der Waals surface area contributed by atoms with Crippen LogP contribution in [-0.2, 0) is 16.2 Å². The zero-order valence-electron chi connectivity index (χ0n) is 17.5. The van der Waals surface area contributed by atoms with Gasteiger partial charge in [-0.15, -0.1) is 0 Å². The summed E-state index contributed by atoms with van der Waals surface area (Å²) in [5.74, 6) is 0.140. The highest BCUT2D eigenvalue weighted by Crippen LogP contribution is 2.29. The lowest BCUT2D eigenvalue weighted by Gasteiger charge is -2.30. The fraction of sp³-hybridized carbons (Fsp3) is 0.417. The molecule has 2 aromatic rings. The molecule has 1 unspecified atom stereocenters. The molecule has 1 amide bonds. The third-order valence-electron chi connectivity index (χ3n) is 5.99. The number of nitrogens with one attached hydrogen (secondary N) is 1. The summed E-state index contributed by atoms with van der Waals surface area (Å²) in [5, 5.41) is 6.94. The summed E-state index contributed by atoms with van der Waals surface area (Å²) < 4.78 is 14.1. The van der Waals surface area contributed by atoms with Crippen molar-refractivity contribution in [1.29, 1.82) is 0 Å². The van der Waals surface area contributed by atoms with Crippen molar-refractivity contribution in [2.45, 2.75) is 45.3 Å². The Hall–Kier alpha value is -2.73. The first-order valence-electron chi connectivity index (χ1n) is 10.6. The molecule has 0 aromatic heterocycles. The van der Waals surface area contributed by atoms with Gasteiger partial charge in [0.15, 0.2) is 0 Å². The van der Waals surface area contributed by atoms with E-state index in [0.717, 1.165) is 31.2 Å². The van der Waals surface area contributed by atoms with E-state index in [0.29, 0.717) is 11.3 Å². The summed E-state index contributed by atoms with van der Waals surface area (Å²) in [5.41, 5.74) is 1.54. The minimum Gasteiger partial charge on any atom is -0.379 e. The number of benzene rings is 2. The number of oxime groups is 1. The molecule has 1 N–H and O–H groups in total. The highest BCUT2D eigenvalue weighted by molar-refractivity contribution is 6.08. The Morgan fingerprint density at radius 1 is 1.23 bits per heavy atom. The van der Waals surface area contributed by atoms with Crippen LogP contribution in [0.1, 0.15) is 44.2 Å². The molecule has 2 aromatic carbocycles. The molecule has 5 nitrogen and oxygen atoms in total. The van der Waals surface area contributed by atoms with E-state index in [2.05, 4.69) is 28.4 Å². The first-order valence-corrected chi connectivity index (χ1v) is 10.6. The molecule has 0 aliphatic carbocycles. The highest BCUT2D eigenvalue weighted by Gasteiger charge is 2.42. The molecule has 1 saturated heterocycles. The second-order valence-electron chi connectivity index (χ2n) is 8.63. The number of hydrogen-bond acceptors (Lipinski definition) is 4. The number of likely N-dealkylation sites (tertiary alicyclic amines) is 1. The molecular weight excluding hydrogens is 381 g/mol. The van der Waals surface area contributed by atoms with Crippen molar-refractivity contribution in [3.05, 3.63) is 65.5 Å². The van der Waals surface area contributed by atoms with Crippen molar-refractivity contribution < 1.29 is 14.0 Å². The molecule has 158 valence electrons. The minimum absolute atomic E-state index is 0.214. The number of anilines is 1. The van der Waals surface area contributed by atoms with Crippen molar-refractivity contribution in [3.8, 4) is 0 Å². The summed E-state index contributed by atoms with van der Waals surface area (Å²) in [6.07, 6.45) is 2.68. The number of hydrogen-bond donors (Lipinski definition) is 1. The lowest BCUT2D eigenvalue weighted by Crippen LogP contribution is -2.40. The van der Waals surface area contributed by atoms with Crippen molar-refractivity contribution in [2.24, 2.45) is 11.1 Å². The fourth-order valence-corrected chi connectivity index (χ4v) is 3.99. The predicted octanol–water partition coefficient (Wildman–Crippen LogP) is 4.58. The van der Waals surface area contributed by atoms with E-state index in [1.165, 1.54) is 24.5 Å². The second kappa shape index (κ2) is 8.56. The van der Waals surface area contributed by atoms with Crippen LogP contribution in [0.2, 0.25) is 0 Å². The van der Waals surface area contributed by atoms with Gasteiger partial charge in [-0.3, -0.25) is 9.69 Å². The van der Waals surface area contributed by atoms with E-state index in [9.17, 15) is 9.18 Å². The van der Waals surface area contributed by atoms with Crippen LogP contribution in [0.4, 0.5) is 10.1 Å². The third kappa shape index (κ3) is 4.54. The molecule has 30 heavy (non-hydrogen) atoms. The molecule has 2 aliphatic heterocycles. The van der Waals surface area contributed by atoms with Crippen molar-refractivity contribution in [3.63, 3.8) is 0 Å². The quantitative estimate of drug-likeness (QED) is 0.787. The number of carbonyl (C=O) groups is 1. The molecule has 4 rings (SSSR count). The minimum atomic E-state index is -1.17. The van der Waals surface area contributed by atoms with E-state index in [4.69, 9.17) is 4.84 Å². The van der Waals surface area contributed by atoms with Gasteiger partial charge in [0, 0.05) is 24.2 Å². The van der Waals surface area contributed by atoms with Gasteiger partial charge in [0.05, 0.1) is 5.71 Å². The third-order valence-corrected chi connectivity index (χ3v) is 5.99. The number of carbonyl (C=O) groups excluding carboxylic acids is 1. The van der Waals surface area contributed by atoms with Gasteiger partial charge >= 0.3 is 0 Å². The summed E-state index contributed by atoms with van der Waals surface area (Å²) in [6, 6.07) is 14.3. The molecule has 2 heterocycles. The summed E-state index contributed by atoms with van der Waals surface area (Å²) in [7, 11) is 0. The Balaban J connectivity index is 1.39. The van der Waals surface area contributed by atoms with Gasteiger partial charge in [-0.1, -0.05) is 42.4 Å². The largest absolute Gasteiger partial charge is 0.379 e. The zero-order valence-corrected chi connectivity index (χ0v) is 17.5. The van der Waals surface area contributed by atoms with Crippen LogP contribution >= 0.6 is 0 Å². The van der Waals surface area contributed by atoms with Crippen molar-refractivity contribution in [1.82, 2.24) is 4.90 Å². The summed E-state index contributed by atoms with van der Waals surface area (Å²) in [4.78, 5) is 20.8. The van der Waals surface area contributed by atoms with Crippen LogP contribution < -0.4 is 5.32 Å². The van der Waals surface area contributed by atoms with Crippen LogP contribution in [-0.4, -0.2) is 35.2 Å².